The number of hydrogen-bond acceptors (Lipinski definition) is 15. The molecule has 11 unspecified atom stereocenters. The van der Waals surface area contributed by atoms with Gasteiger partial charge in [0.15, 0.2) is 18.7 Å². The van der Waals surface area contributed by atoms with Gasteiger partial charge in [-0.2, -0.15) is 0 Å². The van der Waals surface area contributed by atoms with Crippen molar-refractivity contribution in [2.24, 2.45) is 0 Å². The molecule has 0 aromatic rings. The minimum absolute atomic E-state index is 0.158. The zero-order valence-corrected chi connectivity index (χ0v) is 41.7. The lowest BCUT2D eigenvalue weighted by molar-refractivity contribution is -0.332. The van der Waals surface area contributed by atoms with Crippen molar-refractivity contribution in [1.82, 2.24) is 0 Å². The highest BCUT2D eigenvalue weighted by Crippen LogP contribution is 2.27. The highest BCUT2D eigenvalue weighted by atomic mass is 16.7. The Morgan fingerprint density at radius 1 is 0.463 bits per heavy atom. The Labute approximate surface area is 403 Å². The summed E-state index contributed by atoms with van der Waals surface area (Å²) >= 11 is 0. The number of unbranched alkanes of at least 4 members (excludes halogenated alkanes) is 26. The first kappa shape index (κ1) is 61.4. The number of aliphatic hydroxyl groups is 7. The predicted molar refractivity (Wildman–Crippen MR) is 257 cm³/mol. The molecular formula is C52H96O15. The summed E-state index contributed by atoms with van der Waals surface area (Å²) in [5.41, 5.74) is 0. The van der Waals surface area contributed by atoms with Gasteiger partial charge in [0.1, 0.15) is 55.4 Å². The van der Waals surface area contributed by atoms with E-state index < -0.39 is 92.7 Å². The molecule has 2 heterocycles. The van der Waals surface area contributed by atoms with Crippen LogP contribution >= 0.6 is 0 Å². The molecule has 2 aliphatic rings. The largest absolute Gasteiger partial charge is 0.462 e. The van der Waals surface area contributed by atoms with Gasteiger partial charge >= 0.3 is 11.9 Å². The summed E-state index contributed by atoms with van der Waals surface area (Å²) in [6.07, 6.45) is 22.6. The van der Waals surface area contributed by atoms with Crippen LogP contribution in [-0.2, 0) is 38.0 Å². The third-order valence-corrected chi connectivity index (χ3v) is 13.0. The van der Waals surface area contributed by atoms with Crippen molar-refractivity contribution in [2.75, 3.05) is 26.4 Å². The molecule has 0 saturated carbocycles. The van der Waals surface area contributed by atoms with E-state index in [0.29, 0.717) is 12.8 Å². The average Bonchev–Trinajstić information content (AvgIpc) is 3.32. The fraction of sp³-hybridized carbons (Fsp3) is 0.923. The van der Waals surface area contributed by atoms with Crippen molar-refractivity contribution < 1.29 is 73.8 Å². The molecule has 2 rings (SSSR count). The van der Waals surface area contributed by atoms with Gasteiger partial charge in [-0.3, -0.25) is 9.59 Å². The Bertz CT molecular complexity index is 1220. The molecule has 0 bridgehead atoms. The Kier molecular flexibility index (Phi) is 36.5. The van der Waals surface area contributed by atoms with Crippen molar-refractivity contribution in [2.45, 2.75) is 280 Å². The van der Waals surface area contributed by atoms with Gasteiger partial charge in [0, 0.05) is 12.8 Å². The summed E-state index contributed by atoms with van der Waals surface area (Å²) in [7, 11) is 0. The summed E-state index contributed by atoms with van der Waals surface area (Å²) in [5, 5.41) is 72.0. The van der Waals surface area contributed by atoms with E-state index in [-0.39, 0.29) is 26.1 Å². The molecule has 7 N–H and O–H groups in total. The Morgan fingerprint density at radius 3 is 1.37 bits per heavy atom. The second-order valence-corrected chi connectivity index (χ2v) is 19.1. The van der Waals surface area contributed by atoms with Crippen LogP contribution in [0.1, 0.15) is 213 Å². The summed E-state index contributed by atoms with van der Waals surface area (Å²) < 4.78 is 33.5. The van der Waals surface area contributed by atoms with Crippen molar-refractivity contribution in [3.63, 3.8) is 0 Å². The zero-order valence-electron chi connectivity index (χ0n) is 41.7. The molecule has 11 atom stereocenters. The van der Waals surface area contributed by atoms with E-state index in [9.17, 15) is 45.3 Å². The summed E-state index contributed by atoms with van der Waals surface area (Å²) in [6, 6.07) is 0. The second kappa shape index (κ2) is 39.9. The van der Waals surface area contributed by atoms with Gasteiger partial charge in [-0.15, -0.1) is 0 Å². The van der Waals surface area contributed by atoms with E-state index >= 15 is 0 Å². The number of allylic oxidation sites excluding steroid dienone is 2. The van der Waals surface area contributed by atoms with Gasteiger partial charge in [0.05, 0.1) is 19.8 Å². The Hall–Kier alpha value is -1.76. The monoisotopic (exact) mass is 961 g/mol. The molecule has 0 aliphatic carbocycles. The van der Waals surface area contributed by atoms with Gasteiger partial charge in [0.25, 0.3) is 0 Å². The molecule has 0 aromatic heterocycles. The SMILES string of the molecule is CCC/C=C\CCCCCCCC(=O)OC(COC(=O)CCCCCCCCCCCCCCCCCCCCCCC)COC1OC(COC2OC(CO)C(O)C(O)C2O)C(O)C(O)C1O. The molecule has 2 aliphatic heterocycles. The molecule has 15 nitrogen and oxygen atoms in total. The highest BCUT2D eigenvalue weighted by molar-refractivity contribution is 5.70. The van der Waals surface area contributed by atoms with Crippen LogP contribution in [0, 0.1) is 0 Å². The van der Waals surface area contributed by atoms with Gasteiger partial charge in [-0.05, 0) is 32.1 Å². The van der Waals surface area contributed by atoms with Crippen LogP contribution in [0.2, 0.25) is 0 Å². The Balaban J connectivity index is 1.73. The number of esters is 2. The van der Waals surface area contributed by atoms with Gasteiger partial charge in [0.2, 0.25) is 0 Å². The number of ether oxygens (including phenoxy) is 6. The molecule has 0 spiro atoms. The third kappa shape index (κ3) is 28.0. The summed E-state index contributed by atoms with van der Waals surface area (Å²) in [6.45, 7) is 2.54. The quantitative estimate of drug-likeness (QED) is 0.0176. The maximum absolute atomic E-state index is 12.9. The molecular weight excluding hydrogens is 865 g/mol. The topological polar surface area (TPSA) is 231 Å². The Morgan fingerprint density at radius 2 is 0.881 bits per heavy atom. The maximum Gasteiger partial charge on any atom is 0.306 e. The average molecular weight is 961 g/mol. The van der Waals surface area contributed by atoms with Gasteiger partial charge in [-0.1, -0.05) is 180 Å². The van der Waals surface area contributed by atoms with Crippen molar-refractivity contribution in [1.29, 1.82) is 0 Å². The lowest BCUT2D eigenvalue weighted by Crippen LogP contribution is -2.61. The van der Waals surface area contributed by atoms with Crippen LogP contribution in [0.3, 0.4) is 0 Å². The first-order chi connectivity index (χ1) is 32.5. The normalized spacial score (nSPS) is 26.0. The molecule has 394 valence electrons. The van der Waals surface area contributed by atoms with Crippen LogP contribution < -0.4 is 0 Å². The van der Waals surface area contributed by atoms with Crippen LogP contribution in [-0.4, -0.2) is 142 Å². The van der Waals surface area contributed by atoms with Gasteiger partial charge < -0.3 is 64.2 Å². The van der Waals surface area contributed by atoms with E-state index in [1.54, 1.807) is 0 Å². The number of hydrogen-bond donors (Lipinski definition) is 7. The zero-order chi connectivity index (χ0) is 48.9. The molecule has 15 heteroatoms. The summed E-state index contributed by atoms with van der Waals surface area (Å²) in [4.78, 5) is 25.7. The summed E-state index contributed by atoms with van der Waals surface area (Å²) in [5.74, 6) is -0.927. The molecule has 2 saturated heterocycles. The predicted octanol–water partition coefficient (Wildman–Crippen LogP) is 7.77. The van der Waals surface area contributed by atoms with Crippen molar-refractivity contribution >= 4 is 11.9 Å². The van der Waals surface area contributed by atoms with Crippen molar-refractivity contribution in [3.05, 3.63) is 12.2 Å². The van der Waals surface area contributed by atoms with Crippen LogP contribution in [0.5, 0.6) is 0 Å². The molecule has 67 heavy (non-hydrogen) atoms. The lowest BCUT2D eigenvalue weighted by Gasteiger charge is -2.42. The number of aliphatic hydroxyl groups excluding tert-OH is 7. The van der Waals surface area contributed by atoms with E-state index in [1.165, 1.54) is 109 Å². The first-order valence-corrected chi connectivity index (χ1v) is 26.8. The van der Waals surface area contributed by atoms with E-state index in [2.05, 4.69) is 26.0 Å². The number of carbonyl (C=O) groups excluding carboxylic acids is 2. The van der Waals surface area contributed by atoms with Crippen LogP contribution in [0.25, 0.3) is 0 Å². The van der Waals surface area contributed by atoms with Crippen molar-refractivity contribution in [3.8, 4) is 0 Å². The fourth-order valence-corrected chi connectivity index (χ4v) is 8.57. The fourth-order valence-electron chi connectivity index (χ4n) is 8.57. The van der Waals surface area contributed by atoms with E-state index in [4.69, 9.17) is 28.4 Å². The standard InChI is InChI=1S/C52H96O15/c1-3-5-7-9-11-13-15-16-17-18-19-20-21-22-23-24-25-27-28-30-32-34-43(54)62-37-40(65-44(55)35-33-31-29-26-14-12-10-8-6-4-2)38-63-51-50(61)48(59)46(57)42(67-51)39-64-52-49(60)47(58)45(56)41(36-53)66-52/h8,10,40-42,45-53,56-61H,3-7,9,11-39H2,1-2H3/b10-8-. The van der Waals surface area contributed by atoms with Crippen LogP contribution in [0.4, 0.5) is 0 Å². The minimum Gasteiger partial charge on any atom is -0.462 e. The number of carbonyl (C=O) groups is 2. The van der Waals surface area contributed by atoms with Crippen LogP contribution in [0.15, 0.2) is 12.2 Å². The number of rotatable bonds is 42. The third-order valence-electron chi connectivity index (χ3n) is 13.0. The lowest BCUT2D eigenvalue weighted by atomic mass is 9.98. The second-order valence-electron chi connectivity index (χ2n) is 19.1. The highest BCUT2D eigenvalue weighted by Gasteiger charge is 2.47. The molecule has 0 radical (unpaired) electrons. The molecule has 0 amide bonds. The molecule has 2 fully saturated rings. The van der Waals surface area contributed by atoms with Gasteiger partial charge in [-0.25, -0.2) is 0 Å². The first-order valence-electron chi connectivity index (χ1n) is 26.8. The van der Waals surface area contributed by atoms with E-state index in [1.807, 2.05) is 0 Å². The maximum atomic E-state index is 12.9. The molecule has 0 aromatic carbocycles. The smallest absolute Gasteiger partial charge is 0.306 e. The van der Waals surface area contributed by atoms with E-state index in [0.717, 1.165) is 64.2 Å². The minimum atomic E-state index is -1.76.